The Morgan fingerprint density at radius 2 is 1.61 bits per heavy atom. The van der Waals surface area contributed by atoms with Crippen LogP contribution < -0.4 is 19.9 Å². The highest BCUT2D eigenvalue weighted by molar-refractivity contribution is 5.94. The van der Waals surface area contributed by atoms with Crippen LogP contribution in [0.5, 0.6) is 5.75 Å². The number of piperazine rings is 1. The van der Waals surface area contributed by atoms with Gasteiger partial charge in [0.2, 0.25) is 5.91 Å². The molecule has 166 valence electrons. The molecule has 0 radical (unpaired) electrons. The van der Waals surface area contributed by atoms with Crippen molar-refractivity contribution in [2.24, 2.45) is 0 Å². The SMILES string of the molecule is COc1cccc(N2CCN([C@H](C)C(=O)Nc3ccc(N4CCOCC4)cc3)CC2)c1. The summed E-state index contributed by atoms with van der Waals surface area (Å²) in [5.74, 6) is 0.904. The summed E-state index contributed by atoms with van der Waals surface area (Å²) < 4.78 is 10.7. The monoisotopic (exact) mass is 424 g/mol. The minimum absolute atomic E-state index is 0.0361. The Morgan fingerprint density at radius 1 is 0.935 bits per heavy atom. The van der Waals surface area contributed by atoms with Gasteiger partial charge in [-0.05, 0) is 43.3 Å². The van der Waals surface area contributed by atoms with Crippen molar-refractivity contribution >= 4 is 23.0 Å². The van der Waals surface area contributed by atoms with E-state index in [0.717, 1.165) is 69.6 Å². The summed E-state index contributed by atoms with van der Waals surface area (Å²) in [4.78, 5) is 19.7. The van der Waals surface area contributed by atoms with Crippen molar-refractivity contribution in [1.29, 1.82) is 0 Å². The van der Waals surface area contributed by atoms with Crippen molar-refractivity contribution in [2.45, 2.75) is 13.0 Å². The van der Waals surface area contributed by atoms with Gasteiger partial charge in [0, 0.05) is 62.4 Å². The molecule has 2 aromatic rings. The van der Waals surface area contributed by atoms with Gasteiger partial charge in [0.1, 0.15) is 5.75 Å². The maximum Gasteiger partial charge on any atom is 0.241 e. The van der Waals surface area contributed by atoms with E-state index in [9.17, 15) is 4.79 Å². The summed E-state index contributed by atoms with van der Waals surface area (Å²) in [6.07, 6.45) is 0. The van der Waals surface area contributed by atoms with E-state index < -0.39 is 0 Å². The van der Waals surface area contributed by atoms with Crippen LogP contribution in [0.25, 0.3) is 0 Å². The second kappa shape index (κ2) is 10.0. The lowest BCUT2D eigenvalue weighted by Crippen LogP contribution is -2.52. The number of morpholine rings is 1. The molecule has 2 heterocycles. The highest BCUT2D eigenvalue weighted by Gasteiger charge is 2.26. The molecule has 2 fully saturated rings. The van der Waals surface area contributed by atoms with Gasteiger partial charge in [0.05, 0.1) is 26.4 Å². The second-order valence-electron chi connectivity index (χ2n) is 8.04. The maximum absolute atomic E-state index is 12.8. The molecule has 0 bridgehead atoms. The molecule has 0 aliphatic carbocycles. The van der Waals surface area contributed by atoms with Gasteiger partial charge in [-0.25, -0.2) is 0 Å². The van der Waals surface area contributed by atoms with Crippen LogP contribution in [0.1, 0.15) is 6.92 Å². The molecule has 0 saturated carbocycles. The number of rotatable bonds is 6. The van der Waals surface area contributed by atoms with Crippen LogP contribution in [0.15, 0.2) is 48.5 Å². The number of carbonyl (C=O) groups is 1. The highest BCUT2D eigenvalue weighted by atomic mass is 16.5. The van der Waals surface area contributed by atoms with Crippen LogP contribution in [-0.2, 0) is 9.53 Å². The third-order valence-electron chi connectivity index (χ3n) is 6.17. The molecule has 0 spiro atoms. The molecule has 0 unspecified atom stereocenters. The van der Waals surface area contributed by atoms with Gasteiger partial charge in [0.15, 0.2) is 0 Å². The van der Waals surface area contributed by atoms with E-state index in [0.29, 0.717) is 0 Å². The lowest BCUT2D eigenvalue weighted by molar-refractivity contribution is -0.120. The number of benzene rings is 2. The second-order valence-corrected chi connectivity index (χ2v) is 8.04. The Kier molecular flexibility index (Phi) is 6.94. The summed E-state index contributed by atoms with van der Waals surface area (Å²) in [6, 6.07) is 16.1. The normalized spacial score (nSPS) is 18.5. The van der Waals surface area contributed by atoms with Gasteiger partial charge >= 0.3 is 0 Å². The van der Waals surface area contributed by atoms with Crippen LogP contribution >= 0.6 is 0 Å². The molecule has 0 aromatic heterocycles. The summed E-state index contributed by atoms with van der Waals surface area (Å²) in [6.45, 7) is 8.80. The molecule has 7 nitrogen and oxygen atoms in total. The van der Waals surface area contributed by atoms with Crippen LogP contribution in [0.2, 0.25) is 0 Å². The van der Waals surface area contributed by atoms with Crippen molar-refractivity contribution in [3.63, 3.8) is 0 Å². The van der Waals surface area contributed by atoms with Crippen LogP contribution in [0, 0.1) is 0 Å². The Balaban J connectivity index is 1.28. The van der Waals surface area contributed by atoms with Crippen molar-refractivity contribution in [2.75, 3.05) is 74.7 Å². The van der Waals surface area contributed by atoms with Gasteiger partial charge in [-0.3, -0.25) is 9.69 Å². The third-order valence-corrected chi connectivity index (χ3v) is 6.17. The number of carbonyl (C=O) groups excluding carboxylic acids is 1. The van der Waals surface area contributed by atoms with Gasteiger partial charge in [-0.15, -0.1) is 0 Å². The zero-order chi connectivity index (χ0) is 21.6. The third kappa shape index (κ3) is 5.29. The molecule has 31 heavy (non-hydrogen) atoms. The number of methoxy groups -OCH3 is 1. The van der Waals surface area contributed by atoms with E-state index in [4.69, 9.17) is 9.47 Å². The van der Waals surface area contributed by atoms with Gasteiger partial charge < -0.3 is 24.6 Å². The van der Waals surface area contributed by atoms with Crippen LogP contribution in [0.3, 0.4) is 0 Å². The number of nitrogens with one attached hydrogen (secondary N) is 1. The highest BCUT2D eigenvalue weighted by Crippen LogP contribution is 2.23. The van der Waals surface area contributed by atoms with E-state index in [1.807, 2.05) is 31.2 Å². The first-order valence-electron chi connectivity index (χ1n) is 11.0. The fourth-order valence-electron chi connectivity index (χ4n) is 4.16. The fourth-order valence-corrected chi connectivity index (χ4v) is 4.16. The van der Waals surface area contributed by atoms with E-state index in [-0.39, 0.29) is 11.9 Å². The molecule has 4 rings (SSSR count). The molecule has 2 aromatic carbocycles. The lowest BCUT2D eigenvalue weighted by atomic mass is 10.2. The van der Waals surface area contributed by atoms with Gasteiger partial charge in [0.25, 0.3) is 0 Å². The van der Waals surface area contributed by atoms with E-state index >= 15 is 0 Å². The average Bonchev–Trinajstić information content (AvgIpc) is 2.84. The Morgan fingerprint density at radius 3 is 2.29 bits per heavy atom. The zero-order valence-electron chi connectivity index (χ0n) is 18.4. The number of nitrogens with zero attached hydrogens (tertiary/aromatic N) is 3. The smallest absolute Gasteiger partial charge is 0.241 e. The molecule has 2 aliphatic rings. The zero-order valence-corrected chi connectivity index (χ0v) is 18.4. The van der Waals surface area contributed by atoms with Gasteiger partial charge in [-0.2, -0.15) is 0 Å². The molecule has 2 saturated heterocycles. The van der Waals surface area contributed by atoms with Crippen LogP contribution in [-0.4, -0.2) is 76.4 Å². The van der Waals surface area contributed by atoms with E-state index in [1.165, 1.54) is 5.69 Å². The summed E-state index contributed by atoms with van der Waals surface area (Å²) >= 11 is 0. The van der Waals surface area contributed by atoms with Crippen molar-refractivity contribution in [1.82, 2.24) is 4.90 Å². The predicted octanol–water partition coefficient (Wildman–Crippen LogP) is 2.68. The molecule has 1 amide bonds. The fraction of sp³-hybridized carbons (Fsp3) is 0.458. The standard InChI is InChI=1S/C24H32N4O3/c1-19(26-10-12-27(13-11-26)22-4-3-5-23(18-22)30-2)24(29)25-20-6-8-21(9-7-20)28-14-16-31-17-15-28/h3-9,18-19H,10-17H2,1-2H3,(H,25,29)/t19-/m1/s1. The van der Waals surface area contributed by atoms with Crippen LogP contribution in [0.4, 0.5) is 17.1 Å². The topological polar surface area (TPSA) is 57.3 Å². The molecule has 1 N–H and O–H groups in total. The summed E-state index contributed by atoms with van der Waals surface area (Å²) in [5, 5.41) is 3.07. The first kappa shape index (κ1) is 21.5. The van der Waals surface area contributed by atoms with Crippen molar-refractivity contribution < 1.29 is 14.3 Å². The molecular formula is C24H32N4O3. The number of amides is 1. The van der Waals surface area contributed by atoms with E-state index in [2.05, 4.69) is 44.3 Å². The minimum Gasteiger partial charge on any atom is -0.497 e. The number of hydrogen-bond donors (Lipinski definition) is 1. The molecular weight excluding hydrogens is 392 g/mol. The lowest BCUT2D eigenvalue weighted by Gasteiger charge is -2.38. The van der Waals surface area contributed by atoms with Crippen molar-refractivity contribution in [3.8, 4) is 5.75 Å². The number of hydrogen-bond acceptors (Lipinski definition) is 6. The number of ether oxygens (including phenoxy) is 2. The Bertz CT molecular complexity index is 859. The van der Waals surface area contributed by atoms with Crippen molar-refractivity contribution in [3.05, 3.63) is 48.5 Å². The van der Waals surface area contributed by atoms with Gasteiger partial charge in [-0.1, -0.05) is 6.07 Å². The predicted molar refractivity (Wildman–Crippen MR) is 124 cm³/mol. The Labute approximate surface area is 184 Å². The minimum atomic E-state index is -0.175. The quantitative estimate of drug-likeness (QED) is 0.770. The largest absolute Gasteiger partial charge is 0.497 e. The summed E-state index contributed by atoms with van der Waals surface area (Å²) in [5.41, 5.74) is 3.17. The van der Waals surface area contributed by atoms with E-state index in [1.54, 1.807) is 7.11 Å². The molecule has 1 atom stereocenters. The first-order chi connectivity index (χ1) is 15.1. The summed E-state index contributed by atoms with van der Waals surface area (Å²) in [7, 11) is 1.69. The number of anilines is 3. The molecule has 2 aliphatic heterocycles. The maximum atomic E-state index is 12.8. The molecule has 7 heteroatoms. The average molecular weight is 425 g/mol. The Hall–Kier alpha value is -2.77. The first-order valence-corrected chi connectivity index (χ1v) is 11.0.